The number of esters is 1. The highest BCUT2D eigenvalue weighted by Crippen LogP contribution is 2.43. The standard InChI is InChI=1S/C39H48BrClFNO4/c1-7-31(46-21-18-27-14-11-9-8-10-12-15-27)34-25(2)22-32(44)39(43-37(34)29-24-30(41)35(40)36(42)26(29)3)19-13-16-28(17-20-39)23-33(45)47-38(4,5)6/h14,16,24,43H,1-2,8-13,15,17-23H2,3-6H3/b27-14-. The van der Waals surface area contributed by atoms with E-state index in [0.717, 1.165) is 24.8 Å². The summed E-state index contributed by atoms with van der Waals surface area (Å²) in [6, 6.07) is 1.70. The topological polar surface area (TPSA) is 64.6 Å². The van der Waals surface area contributed by atoms with E-state index >= 15 is 4.39 Å². The molecular weight excluding hydrogens is 681 g/mol. The van der Waals surface area contributed by atoms with Crippen molar-refractivity contribution < 1.29 is 23.5 Å². The van der Waals surface area contributed by atoms with Crippen LogP contribution in [0.4, 0.5) is 4.39 Å². The number of halogens is 3. The summed E-state index contributed by atoms with van der Waals surface area (Å²) < 4.78 is 27.7. The van der Waals surface area contributed by atoms with Crippen molar-refractivity contribution >= 4 is 45.0 Å². The van der Waals surface area contributed by atoms with Gasteiger partial charge in [0.1, 0.15) is 11.4 Å². The van der Waals surface area contributed by atoms with Gasteiger partial charge >= 0.3 is 5.97 Å². The molecule has 0 saturated carbocycles. The first-order chi connectivity index (χ1) is 22.2. The van der Waals surface area contributed by atoms with Crippen LogP contribution in [0.1, 0.15) is 115 Å². The summed E-state index contributed by atoms with van der Waals surface area (Å²) in [6.45, 7) is 15.9. The lowest BCUT2D eigenvalue weighted by Gasteiger charge is -2.34. The fourth-order valence-corrected chi connectivity index (χ4v) is 7.26. The van der Waals surface area contributed by atoms with Crippen molar-refractivity contribution in [3.8, 4) is 0 Å². The number of carbonyl (C=O) groups is 2. The van der Waals surface area contributed by atoms with Crippen molar-refractivity contribution in [2.75, 3.05) is 6.61 Å². The van der Waals surface area contributed by atoms with E-state index in [1.807, 2.05) is 26.8 Å². The molecule has 5 nitrogen and oxygen atoms in total. The van der Waals surface area contributed by atoms with Crippen LogP contribution in [0.2, 0.25) is 5.02 Å². The largest absolute Gasteiger partial charge is 0.485 e. The molecule has 0 saturated heterocycles. The number of ether oxygens (including phenoxy) is 2. The fraction of sp³-hybridized carbons (Fsp3) is 0.513. The van der Waals surface area contributed by atoms with Gasteiger partial charge in [0.2, 0.25) is 0 Å². The van der Waals surface area contributed by atoms with Gasteiger partial charge in [-0.05, 0) is 112 Å². The number of Topliss-reactive ketones (excluding diaryl/α,β-unsaturated/α-hetero) is 1. The number of hydrogen-bond acceptors (Lipinski definition) is 5. The summed E-state index contributed by atoms with van der Waals surface area (Å²) in [7, 11) is 0. The second kappa shape index (κ2) is 16.0. The molecule has 1 spiro atoms. The van der Waals surface area contributed by atoms with Gasteiger partial charge in [0.05, 0.1) is 39.3 Å². The summed E-state index contributed by atoms with van der Waals surface area (Å²) >= 11 is 9.81. The zero-order valence-electron chi connectivity index (χ0n) is 28.3. The van der Waals surface area contributed by atoms with E-state index in [0.29, 0.717) is 66.0 Å². The van der Waals surface area contributed by atoms with Crippen LogP contribution in [0.3, 0.4) is 0 Å². The lowest BCUT2D eigenvalue weighted by Crippen LogP contribution is -2.50. The minimum absolute atomic E-state index is 0.0219. The molecule has 1 aromatic carbocycles. The Morgan fingerprint density at radius 3 is 2.57 bits per heavy atom. The molecule has 0 bridgehead atoms. The van der Waals surface area contributed by atoms with Crippen molar-refractivity contribution in [1.29, 1.82) is 0 Å². The molecular formula is C39H48BrClFNO4. The Bertz CT molecular complexity index is 1560. The molecule has 1 aliphatic heterocycles. The Balaban J connectivity index is 1.71. The molecule has 0 aromatic heterocycles. The third-order valence-electron chi connectivity index (χ3n) is 9.16. The molecule has 8 heteroatoms. The first-order valence-corrected chi connectivity index (χ1v) is 17.9. The van der Waals surface area contributed by atoms with Gasteiger partial charge in [-0.3, -0.25) is 9.59 Å². The molecule has 254 valence electrons. The van der Waals surface area contributed by atoms with Gasteiger partial charge in [-0.25, -0.2) is 4.39 Å². The lowest BCUT2D eigenvalue weighted by molar-refractivity contribution is -0.153. The molecule has 1 heterocycles. The molecule has 1 aromatic rings. The van der Waals surface area contributed by atoms with Gasteiger partial charge < -0.3 is 14.8 Å². The number of benzene rings is 1. The second-order valence-electron chi connectivity index (χ2n) is 13.9. The van der Waals surface area contributed by atoms with Gasteiger partial charge in [0, 0.05) is 18.4 Å². The summed E-state index contributed by atoms with van der Waals surface area (Å²) in [4.78, 5) is 26.8. The number of allylic oxidation sites excluding steroid dienone is 3. The van der Waals surface area contributed by atoms with E-state index in [1.165, 1.54) is 31.3 Å². The Labute approximate surface area is 293 Å². The van der Waals surface area contributed by atoms with E-state index in [4.69, 9.17) is 21.1 Å². The molecule has 1 unspecified atom stereocenters. The molecule has 4 rings (SSSR count). The third-order valence-corrected chi connectivity index (χ3v) is 10.5. The maximum absolute atomic E-state index is 15.6. The minimum atomic E-state index is -0.995. The molecule has 0 radical (unpaired) electrons. The van der Waals surface area contributed by atoms with Crippen LogP contribution in [0.15, 0.2) is 69.6 Å². The first-order valence-electron chi connectivity index (χ1n) is 16.7. The minimum Gasteiger partial charge on any atom is -0.485 e. The summed E-state index contributed by atoms with van der Waals surface area (Å²) in [5, 5.41) is 3.82. The van der Waals surface area contributed by atoms with E-state index < -0.39 is 17.0 Å². The van der Waals surface area contributed by atoms with Gasteiger partial charge in [0.25, 0.3) is 0 Å². The van der Waals surface area contributed by atoms with Crippen molar-refractivity contribution in [2.24, 2.45) is 0 Å². The average molecular weight is 729 g/mol. The van der Waals surface area contributed by atoms with Gasteiger partial charge in [-0.15, -0.1) is 0 Å². The molecule has 1 atom stereocenters. The highest BCUT2D eigenvalue weighted by molar-refractivity contribution is 9.10. The SMILES string of the molecule is C=C=C(OCC/C1=C\CCCCCC1)C1=C(c2cc(Cl)c(Br)c(F)c2C)NC2(CCC=C(CC(=O)OC(C)(C)C)CC2)C(=O)CC1=C. The summed E-state index contributed by atoms with van der Waals surface area (Å²) in [6.07, 6.45) is 14.5. The number of hydrogen-bond donors (Lipinski definition) is 1. The van der Waals surface area contributed by atoms with Gasteiger partial charge in [0.15, 0.2) is 11.5 Å². The van der Waals surface area contributed by atoms with E-state index in [9.17, 15) is 9.59 Å². The maximum atomic E-state index is 15.6. The number of nitrogens with one attached hydrogen (secondary N) is 1. The third kappa shape index (κ3) is 9.40. The van der Waals surface area contributed by atoms with Crippen LogP contribution < -0.4 is 5.32 Å². The molecule has 0 amide bonds. The zero-order chi connectivity index (χ0) is 34.4. The van der Waals surface area contributed by atoms with Crippen LogP contribution in [0, 0.1) is 12.7 Å². The van der Waals surface area contributed by atoms with Crippen molar-refractivity contribution in [2.45, 2.75) is 122 Å². The summed E-state index contributed by atoms with van der Waals surface area (Å²) in [5.41, 5.74) is 6.18. The Hall–Kier alpha value is -2.86. The maximum Gasteiger partial charge on any atom is 0.310 e. The fourth-order valence-electron chi connectivity index (χ4n) is 6.65. The van der Waals surface area contributed by atoms with Crippen LogP contribution >= 0.6 is 27.5 Å². The van der Waals surface area contributed by atoms with Crippen molar-refractivity contribution in [3.05, 3.63) is 91.6 Å². The highest BCUT2D eigenvalue weighted by atomic mass is 79.9. The predicted octanol–water partition coefficient (Wildman–Crippen LogP) is 10.7. The molecule has 0 fully saturated rings. The number of ketones is 1. The quantitative estimate of drug-likeness (QED) is 0.0949. The predicted molar refractivity (Wildman–Crippen MR) is 191 cm³/mol. The van der Waals surface area contributed by atoms with Gasteiger partial charge in [-0.1, -0.05) is 66.6 Å². The Morgan fingerprint density at radius 1 is 1.13 bits per heavy atom. The lowest BCUT2D eigenvalue weighted by atomic mass is 9.82. The highest BCUT2D eigenvalue weighted by Gasteiger charge is 2.43. The number of rotatable bonds is 8. The van der Waals surface area contributed by atoms with Crippen LogP contribution in [0.5, 0.6) is 0 Å². The average Bonchev–Trinajstić information content (AvgIpc) is 3.24. The molecule has 2 aliphatic carbocycles. The molecule has 47 heavy (non-hydrogen) atoms. The van der Waals surface area contributed by atoms with Crippen LogP contribution in [-0.2, 0) is 19.1 Å². The number of carbonyl (C=O) groups excluding carboxylic acids is 2. The van der Waals surface area contributed by atoms with Gasteiger partial charge in [-0.2, -0.15) is 0 Å². The van der Waals surface area contributed by atoms with Crippen molar-refractivity contribution in [1.82, 2.24) is 5.32 Å². The second-order valence-corrected chi connectivity index (χ2v) is 15.1. The van der Waals surface area contributed by atoms with Crippen LogP contribution in [0.25, 0.3) is 5.70 Å². The van der Waals surface area contributed by atoms with Crippen molar-refractivity contribution in [3.63, 3.8) is 0 Å². The monoisotopic (exact) mass is 727 g/mol. The normalized spacial score (nSPS) is 22.1. The van der Waals surface area contributed by atoms with E-state index in [2.05, 4.69) is 46.2 Å². The van der Waals surface area contributed by atoms with Crippen LogP contribution in [-0.4, -0.2) is 29.5 Å². The first kappa shape index (κ1) is 37.0. The van der Waals surface area contributed by atoms with E-state index in [-0.39, 0.29) is 34.1 Å². The molecule has 3 aliphatic rings. The smallest absolute Gasteiger partial charge is 0.310 e. The van der Waals surface area contributed by atoms with E-state index in [1.54, 1.807) is 13.0 Å². The summed E-state index contributed by atoms with van der Waals surface area (Å²) in [5.74, 6) is -0.434. The zero-order valence-corrected chi connectivity index (χ0v) is 30.7. The Morgan fingerprint density at radius 2 is 1.85 bits per heavy atom. The Kier molecular flexibility index (Phi) is 12.6. The molecule has 1 N–H and O–H groups in total.